The number of likely N-dealkylation sites (N-methyl/N-ethyl adjacent to an activating group) is 1. The van der Waals surface area contributed by atoms with Gasteiger partial charge in [-0.3, -0.25) is 9.59 Å². The summed E-state index contributed by atoms with van der Waals surface area (Å²) in [5, 5.41) is 9.97. The number of hydrogen-bond acceptors (Lipinski definition) is 5. The van der Waals surface area contributed by atoms with E-state index in [1.165, 1.54) is 0 Å². The molecule has 2 aliphatic rings. The lowest BCUT2D eigenvalue weighted by atomic mass is 9.76. The van der Waals surface area contributed by atoms with E-state index in [9.17, 15) is 14.7 Å². The van der Waals surface area contributed by atoms with Crippen LogP contribution in [0.3, 0.4) is 0 Å². The maximum absolute atomic E-state index is 12.1. The van der Waals surface area contributed by atoms with Crippen LogP contribution in [0.15, 0.2) is 18.2 Å². The number of fused-ring (bicyclic) bond motifs is 1. The van der Waals surface area contributed by atoms with Crippen molar-refractivity contribution in [2.24, 2.45) is 11.3 Å². The molecule has 3 rings (SSSR count). The van der Waals surface area contributed by atoms with Crippen LogP contribution in [0.5, 0.6) is 11.5 Å². The average Bonchev–Trinajstić information content (AvgIpc) is 3.43. The van der Waals surface area contributed by atoms with Gasteiger partial charge in [0.15, 0.2) is 11.5 Å². The van der Waals surface area contributed by atoms with Crippen LogP contribution in [0.1, 0.15) is 91.0 Å². The zero-order valence-electron chi connectivity index (χ0n) is 23.3. The van der Waals surface area contributed by atoms with Crippen molar-refractivity contribution in [1.82, 2.24) is 9.80 Å². The first kappa shape index (κ1) is 29.9. The molecule has 3 atom stereocenters. The maximum Gasteiger partial charge on any atom is 0.308 e. The Hall–Kier alpha value is -2.28. The summed E-state index contributed by atoms with van der Waals surface area (Å²) in [5.41, 5.74) is 1.17. The molecule has 3 unspecified atom stereocenters. The van der Waals surface area contributed by atoms with Gasteiger partial charge < -0.3 is 24.4 Å². The topological polar surface area (TPSA) is 79.3 Å². The summed E-state index contributed by atoms with van der Waals surface area (Å²) < 4.78 is 10.9. The number of rotatable bonds is 13. The fourth-order valence-electron chi connectivity index (χ4n) is 5.46. The van der Waals surface area contributed by atoms with Gasteiger partial charge in [0, 0.05) is 31.6 Å². The minimum atomic E-state index is -0.704. The largest absolute Gasteiger partial charge is 0.481 e. The lowest BCUT2D eigenvalue weighted by molar-refractivity contribution is -0.143. The van der Waals surface area contributed by atoms with Gasteiger partial charge in [-0.1, -0.05) is 59.9 Å². The number of hydrogen-bond donors (Lipinski definition) is 1. The number of likely N-dealkylation sites (tertiary alicyclic amines) is 1. The molecule has 1 amide bonds. The lowest BCUT2D eigenvalue weighted by Gasteiger charge is -2.33. The molecule has 0 bridgehead atoms. The molecule has 1 aromatic rings. The summed E-state index contributed by atoms with van der Waals surface area (Å²) in [6.45, 7) is 13.8. The molecule has 0 spiro atoms. The number of carbonyl (C=O) groups is 2. The van der Waals surface area contributed by atoms with Crippen molar-refractivity contribution in [2.45, 2.75) is 91.5 Å². The number of carboxylic acid groups (broad SMARTS) is 1. The van der Waals surface area contributed by atoms with E-state index in [2.05, 4.69) is 46.6 Å². The number of aliphatic carboxylic acids is 1. The lowest BCUT2D eigenvalue weighted by Crippen LogP contribution is -2.37. The standard InChI is InChI=1S/C20H29NO4.C9H19NO/c1-5-8-20(2,3)10-15-18(19(22)23)14(11-21(15)4)13-6-7-16-17(9-13)25-12-24-16;1-3-5-7-10(9-11)8-6-4-2/h6-7,9,14-15,18H,5,8,10-12H2,1-4H3,(H,22,23);9H,3-8H2,1-2H3. The zero-order chi connectivity index (χ0) is 26.7. The third-order valence-electron chi connectivity index (χ3n) is 7.44. The van der Waals surface area contributed by atoms with Crippen LogP contribution in [0.2, 0.25) is 0 Å². The highest BCUT2D eigenvalue weighted by Crippen LogP contribution is 2.44. The quantitative estimate of drug-likeness (QED) is 0.343. The smallest absolute Gasteiger partial charge is 0.308 e. The SMILES string of the molecule is CCCC(C)(C)CC1C(C(=O)O)C(c2ccc3c(c2)OCO3)CN1C.CCCCN(C=O)CCCC. The molecular formula is C29H48N2O5. The second kappa shape index (κ2) is 14.5. The molecule has 0 aliphatic carbocycles. The van der Waals surface area contributed by atoms with E-state index in [1.54, 1.807) is 0 Å². The van der Waals surface area contributed by atoms with Gasteiger partial charge in [-0.2, -0.15) is 0 Å². The van der Waals surface area contributed by atoms with E-state index in [-0.39, 0.29) is 24.2 Å². The maximum atomic E-state index is 12.1. The molecule has 0 aromatic heterocycles. The summed E-state index contributed by atoms with van der Waals surface area (Å²) in [6, 6.07) is 5.89. The van der Waals surface area contributed by atoms with Crippen LogP contribution in [0.4, 0.5) is 0 Å². The Kier molecular flexibility index (Phi) is 12.0. The van der Waals surface area contributed by atoms with Gasteiger partial charge in [0.1, 0.15) is 0 Å². The Balaban J connectivity index is 0.000000352. The Morgan fingerprint density at radius 2 is 1.75 bits per heavy atom. The number of carbonyl (C=O) groups excluding carboxylic acids is 1. The second-order valence-electron chi connectivity index (χ2n) is 11.1. The molecule has 1 aromatic carbocycles. The summed E-state index contributed by atoms with van der Waals surface area (Å²) >= 11 is 0. The molecule has 0 saturated carbocycles. The normalized spacial score (nSPS) is 21.1. The van der Waals surface area contributed by atoms with Crippen molar-refractivity contribution >= 4 is 12.4 Å². The van der Waals surface area contributed by atoms with Crippen molar-refractivity contribution in [1.29, 1.82) is 0 Å². The van der Waals surface area contributed by atoms with Gasteiger partial charge in [-0.15, -0.1) is 0 Å². The van der Waals surface area contributed by atoms with Crippen LogP contribution >= 0.6 is 0 Å². The third kappa shape index (κ3) is 8.39. The Bertz CT molecular complexity index is 820. The molecule has 7 heteroatoms. The van der Waals surface area contributed by atoms with E-state index in [0.717, 1.165) is 88.1 Å². The molecule has 2 heterocycles. The second-order valence-corrected chi connectivity index (χ2v) is 11.1. The third-order valence-corrected chi connectivity index (χ3v) is 7.44. The van der Waals surface area contributed by atoms with Gasteiger partial charge in [0.2, 0.25) is 13.2 Å². The Labute approximate surface area is 218 Å². The van der Waals surface area contributed by atoms with Crippen LogP contribution in [-0.4, -0.2) is 66.8 Å². The van der Waals surface area contributed by atoms with Gasteiger partial charge >= 0.3 is 5.97 Å². The van der Waals surface area contributed by atoms with E-state index >= 15 is 0 Å². The predicted molar refractivity (Wildman–Crippen MR) is 144 cm³/mol. The van der Waals surface area contributed by atoms with Crippen LogP contribution in [0, 0.1) is 11.3 Å². The van der Waals surface area contributed by atoms with Crippen molar-refractivity contribution in [3.63, 3.8) is 0 Å². The molecule has 7 nitrogen and oxygen atoms in total. The Morgan fingerprint density at radius 3 is 2.31 bits per heavy atom. The van der Waals surface area contributed by atoms with Gasteiger partial charge in [-0.05, 0) is 55.8 Å². The fraction of sp³-hybridized carbons (Fsp3) is 0.724. The predicted octanol–water partition coefficient (Wildman–Crippen LogP) is 5.78. The molecule has 1 N–H and O–H groups in total. The highest BCUT2D eigenvalue weighted by molar-refractivity contribution is 5.73. The molecular weight excluding hydrogens is 456 g/mol. The zero-order valence-corrected chi connectivity index (χ0v) is 23.3. The van der Waals surface area contributed by atoms with Crippen molar-refractivity contribution < 1.29 is 24.2 Å². The van der Waals surface area contributed by atoms with Crippen molar-refractivity contribution in [3.05, 3.63) is 23.8 Å². The summed E-state index contributed by atoms with van der Waals surface area (Å²) in [5.74, 6) is 0.326. The number of carboxylic acids is 1. The molecule has 204 valence electrons. The first-order chi connectivity index (χ1) is 17.2. The average molecular weight is 505 g/mol. The highest BCUT2D eigenvalue weighted by atomic mass is 16.7. The fourth-order valence-corrected chi connectivity index (χ4v) is 5.46. The molecule has 1 saturated heterocycles. The monoisotopic (exact) mass is 504 g/mol. The number of unbranched alkanes of at least 4 members (excludes halogenated alkanes) is 2. The van der Waals surface area contributed by atoms with Crippen LogP contribution in [0.25, 0.3) is 0 Å². The molecule has 36 heavy (non-hydrogen) atoms. The summed E-state index contributed by atoms with van der Waals surface area (Å²) in [6.07, 6.45) is 8.67. The molecule has 0 radical (unpaired) electrons. The van der Waals surface area contributed by atoms with E-state index < -0.39 is 11.9 Å². The Morgan fingerprint density at radius 1 is 1.11 bits per heavy atom. The van der Waals surface area contributed by atoms with E-state index in [0.29, 0.717) is 0 Å². The van der Waals surface area contributed by atoms with Crippen molar-refractivity contribution in [2.75, 3.05) is 33.5 Å². The number of amides is 1. The number of nitrogens with zero attached hydrogens (tertiary/aromatic N) is 2. The van der Waals surface area contributed by atoms with Gasteiger partial charge in [0.05, 0.1) is 5.92 Å². The number of benzene rings is 1. The summed E-state index contributed by atoms with van der Waals surface area (Å²) in [4.78, 5) is 26.7. The first-order valence-corrected chi connectivity index (χ1v) is 13.7. The minimum Gasteiger partial charge on any atom is -0.481 e. The van der Waals surface area contributed by atoms with Crippen LogP contribution in [-0.2, 0) is 9.59 Å². The highest BCUT2D eigenvalue weighted by Gasteiger charge is 2.46. The van der Waals surface area contributed by atoms with E-state index in [4.69, 9.17) is 9.47 Å². The van der Waals surface area contributed by atoms with Gasteiger partial charge in [-0.25, -0.2) is 0 Å². The number of ether oxygens (including phenoxy) is 2. The minimum absolute atomic E-state index is 0.0283. The van der Waals surface area contributed by atoms with Crippen LogP contribution < -0.4 is 9.47 Å². The van der Waals surface area contributed by atoms with E-state index in [1.807, 2.05) is 23.1 Å². The summed E-state index contributed by atoms with van der Waals surface area (Å²) in [7, 11) is 2.05. The van der Waals surface area contributed by atoms with Crippen molar-refractivity contribution in [3.8, 4) is 11.5 Å². The molecule has 2 aliphatic heterocycles. The van der Waals surface area contributed by atoms with Gasteiger partial charge in [0.25, 0.3) is 0 Å². The molecule has 1 fully saturated rings. The first-order valence-electron chi connectivity index (χ1n) is 13.7.